The van der Waals surface area contributed by atoms with Gasteiger partial charge in [0.1, 0.15) is 37.0 Å². The number of Topliss-reactive ketones (excluding diaryl/α,β-unsaturated/α-hetero) is 9. The van der Waals surface area contributed by atoms with E-state index < -0.39 is 73.0 Å². The first kappa shape index (κ1) is 88.2. The van der Waals surface area contributed by atoms with Crippen LogP contribution >= 0.6 is 0 Å². The summed E-state index contributed by atoms with van der Waals surface area (Å²) in [4.78, 5) is 207. The molecule has 0 saturated heterocycles. The number of esters is 4. The minimum Gasteiger partial charge on any atom is -0.478 e. The number of fused-ring (bicyclic) bond motifs is 4. The maximum Gasteiger partial charge on any atom is 0.336 e. The van der Waals surface area contributed by atoms with Gasteiger partial charge in [-0.1, -0.05) is 49.4 Å². The van der Waals surface area contributed by atoms with Crippen LogP contribution in [-0.4, -0.2) is 202 Å². The molecule has 2 aliphatic heterocycles. The van der Waals surface area contributed by atoms with E-state index in [1.165, 1.54) is 114 Å². The fourth-order valence-electron chi connectivity index (χ4n) is 7.46. The van der Waals surface area contributed by atoms with Crippen LogP contribution in [0.1, 0.15) is 212 Å². The Hall–Kier alpha value is -10.9. The number of carboxylic acids is 2. The van der Waals surface area contributed by atoms with Crippen molar-refractivity contribution in [1.29, 1.82) is 0 Å². The largest absolute Gasteiger partial charge is 0.478 e. The number of methoxy groups -OCH3 is 2. The average molecular weight is 1400 g/mol. The molecule has 2 N–H and O–H groups in total. The van der Waals surface area contributed by atoms with Crippen molar-refractivity contribution in [2.75, 3.05) is 53.3 Å². The fraction of sp³-hybridized carbons (Fsp3) is 0.338. The number of hydrogen-bond donors (Lipinski definition) is 2. The molecule has 1 unspecified atom stereocenters. The lowest BCUT2D eigenvalue weighted by Gasteiger charge is -2.04. The number of hydrogen-bond acceptors (Lipinski definition) is 26. The normalized spacial score (nSPS) is 13.7. The van der Waals surface area contributed by atoms with Crippen molar-refractivity contribution in [3.8, 4) is 0 Å². The molecule has 1 atom stereocenters. The Morgan fingerprint density at radius 3 is 0.897 bits per heavy atom. The Bertz CT molecular complexity index is 3820. The lowest BCUT2D eigenvalue weighted by molar-refractivity contribution is -0.156. The summed E-state index contributed by atoms with van der Waals surface area (Å²) in [5, 5.41) is 17.7. The second-order valence-corrected chi connectivity index (χ2v) is 25.6. The third kappa shape index (κ3) is 32.2. The molecule has 9 rings (SSSR count). The van der Waals surface area contributed by atoms with E-state index in [0.717, 1.165) is 40.9 Å². The summed E-state index contributed by atoms with van der Waals surface area (Å²) in [7, 11) is 0.0443. The van der Waals surface area contributed by atoms with Gasteiger partial charge in [-0.15, -0.1) is 0 Å². The Morgan fingerprint density at radius 1 is 0.412 bits per heavy atom. The van der Waals surface area contributed by atoms with Gasteiger partial charge in [0.05, 0.1) is 66.9 Å². The van der Waals surface area contributed by atoms with Gasteiger partial charge in [0, 0.05) is 113 Å². The van der Waals surface area contributed by atoms with Gasteiger partial charge in [-0.25, -0.2) is 26.4 Å². The molecule has 4 aromatic carbocycles. The number of sulfone groups is 2. The standard InChI is InChI=1S/C12H9NO5.C12H7NO4.C9H8O3.C9H6O2.C6H8O2.C4H6O3.2C3H6O2.C3H6O.2C2H6O2S/c1-5(14)6-3-7-8(4-9(6)12(17)18)11(16)13(2)10(7)15;1-13-11(16)7-2-5-6(3-8(7)12(13)17)10(15)4-9(5)14;1-6(10)7-4-2-3-5-8(7)9(11)12;10-8-5-9(11)7-4-2-1-3-6(7)8;1-4-2-5(7)3-6(4)8;1-3(5)7-4(2)6;2*1-3(4)5-2;1-3(2)4;2*1-5(2,3)4/h3-4H,1-2H3,(H,17,18);2-3H,4H2,1H3;2-5H,1H3,(H,11,12);1-4H,5H2;4H,2-3H2,1H3;1-2H3;2*1-2H3;1-2H3;2*1-2H3. The van der Waals surface area contributed by atoms with Gasteiger partial charge in [-0.3, -0.25) is 86.5 Å². The summed E-state index contributed by atoms with van der Waals surface area (Å²) in [5.74, 6) is -6.95. The van der Waals surface area contributed by atoms with Gasteiger partial charge in [-0.05, 0) is 58.0 Å². The number of carbonyl (C=O) groups is 19. The number of amides is 4. The summed E-state index contributed by atoms with van der Waals surface area (Å²) >= 11 is 0. The first-order valence-electron chi connectivity index (χ1n) is 27.8. The Morgan fingerprint density at radius 2 is 0.680 bits per heavy atom. The third-order valence-corrected chi connectivity index (χ3v) is 11.7. The molecule has 32 heteroatoms. The van der Waals surface area contributed by atoms with Crippen LogP contribution < -0.4 is 0 Å². The van der Waals surface area contributed by atoms with Gasteiger partial charge in [0.25, 0.3) is 23.6 Å². The Balaban J connectivity index is 0. The highest BCUT2D eigenvalue weighted by Gasteiger charge is 2.38. The number of imide groups is 2. The summed E-state index contributed by atoms with van der Waals surface area (Å²) in [6.45, 7) is 12.5. The summed E-state index contributed by atoms with van der Waals surface area (Å²) in [5.41, 5.74) is 2.15. The molecule has 0 bridgehead atoms. The Labute approximate surface area is 557 Å². The number of carbonyl (C=O) groups excluding carboxylic acids is 17. The quantitative estimate of drug-likeness (QED) is 0.0841. The van der Waals surface area contributed by atoms with Gasteiger partial charge in [0.2, 0.25) is 0 Å². The van der Waals surface area contributed by atoms with Crippen LogP contribution in [0.5, 0.6) is 0 Å². The molecule has 0 radical (unpaired) electrons. The molecule has 1 fully saturated rings. The number of ketones is 9. The molecule has 4 aromatic rings. The lowest BCUT2D eigenvalue weighted by atomic mass is 9.97. The van der Waals surface area contributed by atoms with Crippen LogP contribution in [0.2, 0.25) is 0 Å². The number of benzene rings is 4. The topological polar surface area (TPSA) is 467 Å². The van der Waals surface area contributed by atoms with Gasteiger partial charge in [0.15, 0.2) is 34.7 Å². The molecular formula is C65H74N2O28S2. The van der Waals surface area contributed by atoms with E-state index in [1.807, 2.05) is 0 Å². The van der Waals surface area contributed by atoms with Crippen molar-refractivity contribution in [2.45, 2.75) is 88.0 Å². The van der Waals surface area contributed by atoms with Gasteiger partial charge >= 0.3 is 35.8 Å². The van der Waals surface area contributed by atoms with Crippen LogP contribution in [0, 0.1) is 5.92 Å². The van der Waals surface area contributed by atoms with Crippen molar-refractivity contribution in [2.24, 2.45) is 5.92 Å². The molecule has 30 nitrogen and oxygen atoms in total. The van der Waals surface area contributed by atoms with Crippen molar-refractivity contribution < 1.29 is 132 Å². The molecule has 524 valence electrons. The average Bonchev–Trinajstić information content (AvgIpc) is 1.63. The van der Waals surface area contributed by atoms with E-state index in [-0.39, 0.29) is 139 Å². The van der Waals surface area contributed by atoms with E-state index in [4.69, 9.17) is 10.2 Å². The summed E-state index contributed by atoms with van der Waals surface area (Å²) in [6, 6.07) is 18.1. The van der Waals surface area contributed by atoms with E-state index in [1.54, 1.807) is 43.3 Å². The minimum absolute atomic E-state index is 0.00231. The smallest absolute Gasteiger partial charge is 0.336 e. The van der Waals surface area contributed by atoms with Crippen LogP contribution in [0.4, 0.5) is 0 Å². The van der Waals surface area contributed by atoms with Crippen LogP contribution in [0.15, 0.2) is 72.8 Å². The second-order valence-electron chi connectivity index (χ2n) is 21.0. The zero-order valence-corrected chi connectivity index (χ0v) is 57.7. The molecule has 0 spiro atoms. The van der Waals surface area contributed by atoms with E-state index in [9.17, 15) is 108 Å². The zero-order chi connectivity index (χ0) is 76.1. The van der Waals surface area contributed by atoms with E-state index in [0.29, 0.717) is 17.5 Å². The van der Waals surface area contributed by atoms with Crippen molar-refractivity contribution in [3.63, 3.8) is 0 Å². The van der Waals surface area contributed by atoms with Crippen LogP contribution in [-0.2, 0) is 67.4 Å². The molecule has 97 heavy (non-hydrogen) atoms. The van der Waals surface area contributed by atoms with Crippen molar-refractivity contribution >= 4 is 131 Å². The Kier molecular flexibility index (Phi) is 36.7. The van der Waals surface area contributed by atoms with Crippen LogP contribution in [0.25, 0.3) is 0 Å². The third-order valence-electron chi connectivity index (χ3n) is 11.7. The number of carboxylic acid groups (broad SMARTS) is 2. The molecule has 4 amide bonds. The molecule has 0 aromatic heterocycles. The minimum atomic E-state index is -2.67. The molecular weight excluding hydrogens is 1320 g/mol. The summed E-state index contributed by atoms with van der Waals surface area (Å²) < 4.78 is 50.7. The highest BCUT2D eigenvalue weighted by atomic mass is 32.2. The SMILES string of the molecule is CC(=O)OC(C)=O.CC(=O)c1cc2c(cc1C(=O)O)C(=O)N(C)C2=O.CC(=O)c1ccccc1C(=O)O.CC(C)=O.CC1CC(=O)CC1=O.CN1C(=O)c2cc3c(cc2C1=O)C(=O)CC3=O.COC(C)=O.COC(C)=O.CS(C)(=O)=O.CS(C)(=O)=O.O=C1CC(=O)c2ccccc21. The number of nitrogens with zero attached hydrogens (tertiary/aromatic N) is 2. The second kappa shape index (κ2) is 40.4. The van der Waals surface area contributed by atoms with Crippen molar-refractivity contribution in [3.05, 3.63) is 140 Å². The van der Waals surface area contributed by atoms with E-state index in [2.05, 4.69) is 14.2 Å². The van der Waals surface area contributed by atoms with Crippen molar-refractivity contribution in [1.82, 2.24) is 9.80 Å². The maximum absolute atomic E-state index is 11.7. The molecule has 2 heterocycles. The summed E-state index contributed by atoms with van der Waals surface area (Å²) in [6.07, 6.45) is 5.18. The molecule has 1 saturated carbocycles. The predicted molar refractivity (Wildman–Crippen MR) is 343 cm³/mol. The van der Waals surface area contributed by atoms with Gasteiger partial charge in [-0.2, -0.15) is 0 Å². The van der Waals surface area contributed by atoms with E-state index >= 15 is 0 Å². The number of aromatic carboxylic acids is 2. The number of rotatable bonds is 4. The molecule has 5 aliphatic rings. The molecule has 3 aliphatic carbocycles. The maximum atomic E-state index is 11.7. The zero-order valence-electron chi connectivity index (χ0n) is 56.1. The highest BCUT2D eigenvalue weighted by Crippen LogP contribution is 2.31. The van der Waals surface area contributed by atoms with Crippen LogP contribution in [0.3, 0.4) is 0 Å². The highest BCUT2D eigenvalue weighted by molar-refractivity contribution is 7.90. The fourth-order valence-corrected chi connectivity index (χ4v) is 7.46. The number of ether oxygens (including phenoxy) is 3. The lowest BCUT2D eigenvalue weighted by Crippen LogP contribution is -2.24. The first-order chi connectivity index (χ1) is 44.4. The predicted octanol–water partition coefficient (Wildman–Crippen LogP) is 5.46. The monoisotopic (exact) mass is 1390 g/mol. The first-order valence-corrected chi connectivity index (χ1v) is 32.4. The van der Waals surface area contributed by atoms with Gasteiger partial charge < -0.3 is 29.2 Å².